The summed E-state index contributed by atoms with van der Waals surface area (Å²) in [7, 11) is 0. The van der Waals surface area contributed by atoms with Crippen LogP contribution in [0.2, 0.25) is 0 Å². The van der Waals surface area contributed by atoms with Gasteiger partial charge < -0.3 is 0 Å². The van der Waals surface area contributed by atoms with Crippen molar-refractivity contribution in [1.29, 1.82) is 0 Å². The molecule has 0 saturated heterocycles. The average Bonchev–Trinajstić information content (AvgIpc) is 3.06. The first-order chi connectivity index (χ1) is 14.4. The molecule has 0 spiro atoms. The summed E-state index contributed by atoms with van der Waals surface area (Å²) in [5.74, 6) is 0.324. The van der Waals surface area contributed by atoms with Crippen LogP contribution >= 0.6 is 23.1 Å². The van der Waals surface area contributed by atoms with Crippen LogP contribution in [0.4, 0.5) is 0 Å². The molecule has 0 N–H and O–H groups in total. The molecule has 0 saturated carbocycles. The van der Waals surface area contributed by atoms with Crippen LogP contribution in [-0.4, -0.2) is 21.1 Å². The molecule has 2 aromatic heterocycles. The third-order valence-electron chi connectivity index (χ3n) is 5.64. The number of thioether (sulfide) groups is 1. The van der Waals surface area contributed by atoms with E-state index in [-0.39, 0.29) is 17.1 Å². The first kappa shape index (κ1) is 21.1. The lowest BCUT2D eigenvalue weighted by Gasteiger charge is -2.13. The van der Waals surface area contributed by atoms with Crippen molar-refractivity contribution < 1.29 is 4.79 Å². The fraction of sp³-hybridized carbons (Fsp3) is 0.375. The van der Waals surface area contributed by atoms with Gasteiger partial charge in [0.15, 0.2) is 10.9 Å². The zero-order valence-electron chi connectivity index (χ0n) is 17.7. The second kappa shape index (κ2) is 8.52. The second-order valence-electron chi connectivity index (χ2n) is 7.98. The molecule has 0 bridgehead atoms. The Kier molecular flexibility index (Phi) is 5.98. The van der Waals surface area contributed by atoms with Gasteiger partial charge in [-0.1, -0.05) is 35.5 Å². The van der Waals surface area contributed by atoms with Crippen LogP contribution in [0.15, 0.2) is 34.7 Å². The summed E-state index contributed by atoms with van der Waals surface area (Å²) in [6, 6.07) is 4.08. The topological polar surface area (TPSA) is 52.0 Å². The number of hydrogen-bond acceptors (Lipinski definition) is 5. The van der Waals surface area contributed by atoms with E-state index >= 15 is 0 Å². The molecule has 0 atom stereocenters. The van der Waals surface area contributed by atoms with Crippen molar-refractivity contribution in [2.24, 2.45) is 0 Å². The quantitative estimate of drug-likeness (QED) is 0.223. The van der Waals surface area contributed by atoms with Gasteiger partial charge in [0.05, 0.1) is 11.1 Å². The first-order valence-electron chi connectivity index (χ1n) is 10.3. The summed E-state index contributed by atoms with van der Waals surface area (Å²) >= 11 is 2.99. The molecule has 2 heterocycles. The Bertz CT molecular complexity index is 1200. The number of aryl methyl sites for hydroxylation is 5. The summed E-state index contributed by atoms with van der Waals surface area (Å²) < 4.78 is 1.67. The summed E-state index contributed by atoms with van der Waals surface area (Å²) in [5, 5.41) is 1.37. The highest BCUT2D eigenvalue weighted by Crippen LogP contribution is 2.35. The predicted octanol–water partition coefficient (Wildman–Crippen LogP) is 5.42. The minimum atomic E-state index is -0.00283. The van der Waals surface area contributed by atoms with Crippen molar-refractivity contribution in [2.75, 3.05) is 5.75 Å². The molecule has 1 aliphatic rings. The van der Waals surface area contributed by atoms with Gasteiger partial charge in [-0.25, -0.2) is 4.98 Å². The normalized spacial score (nSPS) is 13.4. The van der Waals surface area contributed by atoms with Gasteiger partial charge in [0.1, 0.15) is 4.83 Å². The number of allylic oxidation sites excluding steroid dienone is 1. The molecular weight excluding hydrogens is 412 g/mol. The number of fused-ring (bicyclic) bond motifs is 3. The van der Waals surface area contributed by atoms with Crippen LogP contribution < -0.4 is 5.56 Å². The number of aromatic nitrogens is 2. The third kappa shape index (κ3) is 3.79. The number of carbonyl (C=O) groups excluding carboxylic acids is 1. The zero-order chi connectivity index (χ0) is 21.4. The molecule has 1 aromatic carbocycles. The van der Waals surface area contributed by atoms with Crippen LogP contribution in [0.3, 0.4) is 0 Å². The number of carbonyl (C=O) groups is 1. The first-order valence-corrected chi connectivity index (χ1v) is 12.1. The van der Waals surface area contributed by atoms with Gasteiger partial charge in [-0.15, -0.1) is 17.9 Å². The highest BCUT2D eigenvalue weighted by Gasteiger charge is 2.22. The maximum Gasteiger partial charge on any atom is 0.263 e. The lowest BCUT2D eigenvalue weighted by molar-refractivity contribution is 0.102. The largest absolute Gasteiger partial charge is 0.293 e. The molecule has 0 fully saturated rings. The minimum Gasteiger partial charge on any atom is -0.293 e. The van der Waals surface area contributed by atoms with E-state index in [1.54, 1.807) is 22.0 Å². The summed E-state index contributed by atoms with van der Waals surface area (Å²) in [4.78, 5) is 33.3. The van der Waals surface area contributed by atoms with Gasteiger partial charge in [0.25, 0.3) is 5.56 Å². The Morgan fingerprint density at radius 2 is 1.93 bits per heavy atom. The monoisotopic (exact) mass is 438 g/mol. The van der Waals surface area contributed by atoms with Crippen molar-refractivity contribution in [3.05, 3.63) is 67.8 Å². The Labute approximate surface area is 185 Å². The van der Waals surface area contributed by atoms with Crippen molar-refractivity contribution in [2.45, 2.75) is 58.2 Å². The molecule has 0 radical (unpaired) electrons. The lowest BCUT2D eigenvalue weighted by Crippen LogP contribution is -2.23. The number of thiophene rings is 1. The fourth-order valence-corrected chi connectivity index (χ4v) is 6.63. The van der Waals surface area contributed by atoms with Gasteiger partial charge in [-0.2, -0.15) is 0 Å². The molecule has 1 aliphatic carbocycles. The predicted molar refractivity (Wildman–Crippen MR) is 126 cm³/mol. The maximum atomic E-state index is 13.3. The number of benzene rings is 1. The number of Topliss-reactive ketones (excluding diaryl/α,β-unsaturated/α-hetero) is 1. The van der Waals surface area contributed by atoms with E-state index in [0.717, 1.165) is 51.7 Å². The van der Waals surface area contributed by atoms with Crippen LogP contribution in [0.25, 0.3) is 10.2 Å². The van der Waals surface area contributed by atoms with Crippen molar-refractivity contribution >= 4 is 39.1 Å². The molecule has 156 valence electrons. The molecule has 3 aromatic rings. The summed E-state index contributed by atoms with van der Waals surface area (Å²) in [6.45, 7) is 10.2. The van der Waals surface area contributed by atoms with Crippen LogP contribution in [0.1, 0.15) is 50.3 Å². The maximum absolute atomic E-state index is 13.3. The van der Waals surface area contributed by atoms with E-state index in [1.165, 1.54) is 28.6 Å². The second-order valence-corrected chi connectivity index (χ2v) is 10.0. The molecule has 0 amide bonds. The molecule has 6 heteroatoms. The zero-order valence-corrected chi connectivity index (χ0v) is 19.3. The van der Waals surface area contributed by atoms with E-state index in [1.807, 2.05) is 32.9 Å². The molecule has 0 unspecified atom stereocenters. The van der Waals surface area contributed by atoms with Gasteiger partial charge in [-0.3, -0.25) is 14.2 Å². The molecule has 30 heavy (non-hydrogen) atoms. The molecule has 4 nitrogen and oxygen atoms in total. The highest BCUT2D eigenvalue weighted by molar-refractivity contribution is 7.99. The smallest absolute Gasteiger partial charge is 0.263 e. The minimum absolute atomic E-state index is 0.00283. The average molecular weight is 439 g/mol. The molecule has 4 rings (SSSR count). The molecule has 0 aliphatic heterocycles. The fourth-order valence-electron chi connectivity index (χ4n) is 4.44. The van der Waals surface area contributed by atoms with Crippen molar-refractivity contribution in [3.8, 4) is 0 Å². The number of hydrogen-bond donors (Lipinski definition) is 0. The Morgan fingerprint density at radius 1 is 1.23 bits per heavy atom. The van der Waals surface area contributed by atoms with Gasteiger partial charge in [0, 0.05) is 17.0 Å². The summed E-state index contributed by atoms with van der Waals surface area (Å²) in [6.07, 6.45) is 6.00. The van der Waals surface area contributed by atoms with Gasteiger partial charge in [0.2, 0.25) is 0 Å². The van der Waals surface area contributed by atoms with Crippen LogP contribution in [0, 0.1) is 20.8 Å². The lowest BCUT2D eigenvalue weighted by atomic mass is 9.97. The van der Waals surface area contributed by atoms with E-state index in [2.05, 4.69) is 6.58 Å². The highest BCUT2D eigenvalue weighted by atomic mass is 32.2. The standard InChI is InChI=1S/C24H26N2O2S2/c1-5-10-26-23(28)21-17-8-6-7-9-19(17)30-22(21)25-24(26)29-13-18(27)20-15(3)11-14(2)12-16(20)4/h5,11-12H,1,6-10,13H2,2-4H3. The van der Waals surface area contributed by atoms with E-state index in [9.17, 15) is 9.59 Å². The van der Waals surface area contributed by atoms with Gasteiger partial charge in [-0.05, 0) is 63.1 Å². The van der Waals surface area contributed by atoms with Crippen molar-refractivity contribution in [1.82, 2.24) is 9.55 Å². The van der Waals surface area contributed by atoms with E-state index in [0.29, 0.717) is 11.7 Å². The van der Waals surface area contributed by atoms with E-state index < -0.39 is 0 Å². The SMILES string of the molecule is C=CCn1c(SCC(=O)c2c(C)cc(C)cc2C)nc2sc3c(c2c1=O)CCCC3. The van der Waals surface area contributed by atoms with Crippen LogP contribution in [-0.2, 0) is 19.4 Å². The Hall–Kier alpha value is -2.18. The Morgan fingerprint density at radius 3 is 2.63 bits per heavy atom. The number of ketones is 1. The summed E-state index contributed by atoms with van der Waals surface area (Å²) in [5.41, 5.74) is 5.11. The van der Waals surface area contributed by atoms with Crippen LogP contribution in [0.5, 0.6) is 0 Å². The number of rotatable bonds is 6. The number of nitrogens with zero attached hydrogens (tertiary/aromatic N) is 2. The van der Waals surface area contributed by atoms with Gasteiger partial charge >= 0.3 is 0 Å². The van der Waals surface area contributed by atoms with E-state index in [4.69, 9.17) is 4.98 Å². The van der Waals surface area contributed by atoms with Crippen molar-refractivity contribution in [3.63, 3.8) is 0 Å². The molecular formula is C24H26N2O2S2. The Balaban J connectivity index is 1.70. The third-order valence-corrected chi connectivity index (χ3v) is 7.80.